The number of rotatable bonds is 1. The summed E-state index contributed by atoms with van der Waals surface area (Å²) in [4.78, 5) is 13.7. The zero-order valence-corrected chi connectivity index (χ0v) is 15.2. The van der Waals surface area contributed by atoms with Crippen molar-refractivity contribution in [1.29, 1.82) is 0 Å². The second kappa shape index (κ2) is 6.15. The first-order chi connectivity index (χ1) is 12.8. The summed E-state index contributed by atoms with van der Waals surface area (Å²) >= 11 is 0. The minimum absolute atomic E-state index is 0.129. The van der Waals surface area contributed by atoms with Crippen LogP contribution >= 0.6 is 0 Å². The van der Waals surface area contributed by atoms with Crippen LogP contribution in [-0.4, -0.2) is 17.0 Å². The standard InChI is InChI=1S/C23H26N2O/c26-22-23(14-8-1-2-9-15-23)17-20-16-18-10-6-7-13-21(18)24(25(20)22)19-11-4-3-5-12-19/h3-7,10-13,20H,1-2,8-9,14-17H2. The van der Waals surface area contributed by atoms with Crippen LogP contribution in [-0.2, 0) is 11.2 Å². The molecule has 1 spiro atoms. The Kier molecular flexibility index (Phi) is 3.77. The lowest BCUT2D eigenvalue weighted by Gasteiger charge is -2.43. The maximum Gasteiger partial charge on any atom is 0.247 e. The van der Waals surface area contributed by atoms with Gasteiger partial charge >= 0.3 is 0 Å². The van der Waals surface area contributed by atoms with Crippen molar-refractivity contribution in [2.45, 2.75) is 57.4 Å². The van der Waals surface area contributed by atoms with E-state index in [9.17, 15) is 4.79 Å². The molecule has 2 heterocycles. The largest absolute Gasteiger partial charge is 0.272 e. The maximum atomic E-state index is 13.7. The third-order valence-corrected chi connectivity index (χ3v) is 6.59. The van der Waals surface area contributed by atoms with Crippen LogP contribution in [0.15, 0.2) is 54.6 Å². The lowest BCUT2D eigenvalue weighted by Crippen LogP contribution is -2.50. The van der Waals surface area contributed by atoms with Gasteiger partial charge in [0, 0.05) is 0 Å². The third-order valence-electron chi connectivity index (χ3n) is 6.59. The molecule has 1 unspecified atom stereocenters. The van der Waals surface area contributed by atoms with Gasteiger partial charge in [-0.2, -0.15) is 0 Å². The highest BCUT2D eigenvalue weighted by Gasteiger charge is 2.54. The van der Waals surface area contributed by atoms with Gasteiger partial charge in [-0.3, -0.25) is 9.80 Å². The van der Waals surface area contributed by atoms with Crippen LogP contribution in [0.4, 0.5) is 11.4 Å². The molecule has 2 aliphatic heterocycles. The molecule has 1 saturated carbocycles. The van der Waals surface area contributed by atoms with E-state index in [2.05, 4.69) is 58.5 Å². The summed E-state index contributed by atoms with van der Waals surface area (Å²) < 4.78 is 0. The first-order valence-corrected chi connectivity index (χ1v) is 10.1. The van der Waals surface area contributed by atoms with Gasteiger partial charge in [0.2, 0.25) is 5.91 Å². The number of hydrazine groups is 1. The van der Waals surface area contributed by atoms with Gasteiger partial charge < -0.3 is 0 Å². The van der Waals surface area contributed by atoms with E-state index in [1.54, 1.807) is 0 Å². The lowest BCUT2D eigenvalue weighted by molar-refractivity contribution is -0.137. The summed E-state index contributed by atoms with van der Waals surface area (Å²) in [7, 11) is 0. The van der Waals surface area contributed by atoms with Gasteiger partial charge in [0.1, 0.15) is 0 Å². The summed E-state index contributed by atoms with van der Waals surface area (Å²) in [5.74, 6) is 0.364. The van der Waals surface area contributed by atoms with Crippen LogP contribution in [0.5, 0.6) is 0 Å². The normalized spacial score (nSPS) is 24.3. The summed E-state index contributed by atoms with van der Waals surface area (Å²) in [6.45, 7) is 0. The Bertz CT molecular complexity index is 808. The second-order valence-corrected chi connectivity index (χ2v) is 8.18. The van der Waals surface area contributed by atoms with Gasteiger partial charge in [0.15, 0.2) is 0 Å². The summed E-state index contributed by atoms with van der Waals surface area (Å²) in [6, 6.07) is 19.3. The van der Waals surface area contributed by atoms with Gasteiger partial charge in [0.05, 0.1) is 22.8 Å². The molecular weight excluding hydrogens is 320 g/mol. The molecule has 5 rings (SSSR count). The summed E-state index contributed by atoms with van der Waals surface area (Å²) in [6.07, 6.45) is 9.09. The quantitative estimate of drug-likeness (QED) is 0.705. The van der Waals surface area contributed by atoms with E-state index in [-0.39, 0.29) is 11.5 Å². The minimum atomic E-state index is -0.129. The predicted octanol–water partition coefficient (Wildman–Crippen LogP) is 5.24. The Balaban J connectivity index is 1.61. The zero-order chi connectivity index (χ0) is 17.6. The van der Waals surface area contributed by atoms with E-state index in [4.69, 9.17) is 0 Å². The van der Waals surface area contributed by atoms with Crippen molar-refractivity contribution in [3.63, 3.8) is 0 Å². The highest BCUT2D eigenvalue weighted by atomic mass is 16.2. The van der Waals surface area contributed by atoms with E-state index in [1.807, 2.05) is 6.07 Å². The number of nitrogens with zero attached hydrogens (tertiary/aromatic N) is 2. The average Bonchev–Trinajstić information content (AvgIpc) is 2.83. The monoisotopic (exact) mass is 346 g/mol. The molecule has 2 aromatic rings. The van der Waals surface area contributed by atoms with Crippen LogP contribution < -0.4 is 5.01 Å². The van der Waals surface area contributed by atoms with Crippen molar-refractivity contribution in [2.24, 2.45) is 5.41 Å². The molecule has 0 aromatic heterocycles. The number of carbonyl (C=O) groups excluding carboxylic acids is 1. The molecule has 1 aliphatic carbocycles. The van der Waals surface area contributed by atoms with Crippen LogP contribution in [0.2, 0.25) is 0 Å². The molecule has 2 aromatic carbocycles. The van der Waals surface area contributed by atoms with Crippen molar-refractivity contribution in [3.8, 4) is 0 Å². The Labute approximate surface area is 155 Å². The first-order valence-electron chi connectivity index (χ1n) is 10.1. The molecule has 26 heavy (non-hydrogen) atoms. The molecule has 3 nitrogen and oxygen atoms in total. The van der Waals surface area contributed by atoms with Crippen molar-refractivity contribution in [1.82, 2.24) is 5.01 Å². The molecule has 134 valence electrons. The average molecular weight is 346 g/mol. The molecule has 0 radical (unpaired) electrons. The van der Waals surface area contributed by atoms with Gasteiger partial charge in [-0.25, -0.2) is 5.01 Å². The van der Waals surface area contributed by atoms with Crippen LogP contribution in [0.3, 0.4) is 0 Å². The molecule has 3 heteroatoms. The van der Waals surface area contributed by atoms with Crippen molar-refractivity contribution < 1.29 is 4.79 Å². The fourth-order valence-electron chi connectivity index (χ4n) is 5.36. The van der Waals surface area contributed by atoms with E-state index in [1.165, 1.54) is 31.2 Å². The lowest BCUT2D eigenvalue weighted by atomic mass is 9.77. The zero-order valence-electron chi connectivity index (χ0n) is 15.2. The number of anilines is 2. The molecule has 3 aliphatic rings. The molecule has 1 saturated heterocycles. The number of hydrogen-bond donors (Lipinski definition) is 0. The Morgan fingerprint density at radius 2 is 1.54 bits per heavy atom. The van der Waals surface area contributed by atoms with Crippen molar-refractivity contribution in [2.75, 3.05) is 5.01 Å². The SMILES string of the molecule is O=C1N2C(Cc3ccccc3N2c2ccccc2)CC12CCCCCC2. The number of benzene rings is 2. The van der Waals surface area contributed by atoms with Gasteiger partial charge in [-0.1, -0.05) is 62.1 Å². The molecular formula is C23H26N2O. The van der Waals surface area contributed by atoms with Gasteiger partial charge in [-0.05, 0) is 49.4 Å². The molecule has 0 N–H and O–H groups in total. The Morgan fingerprint density at radius 3 is 2.31 bits per heavy atom. The molecule has 1 atom stereocenters. The summed E-state index contributed by atoms with van der Waals surface area (Å²) in [5.41, 5.74) is 3.48. The number of fused-ring (bicyclic) bond motifs is 2. The maximum absolute atomic E-state index is 13.7. The van der Waals surface area contributed by atoms with Gasteiger partial charge in [-0.15, -0.1) is 0 Å². The van der Waals surface area contributed by atoms with Gasteiger partial charge in [0.25, 0.3) is 0 Å². The minimum Gasteiger partial charge on any atom is -0.272 e. The fourth-order valence-corrected chi connectivity index (χ4v) is 5.36. The number of amides is 1. The highest BCUT2D eigenvalue weighted by molar-refractivity contribution is 5.90. The van der Waals surface area contributed by atoms with Crippen LogP contribution in [0, 0.1) is 5.41 Å². The first kappa shape index (κ1) is 15.9. The van der Waals surface area contributed by atoms with Crippen molar-refractivity contribution in [3.05, 3.63) is 60.2 Å². The molecule has 1 amide bonds. The number of hydrogen-bond acceptors (Lipinski definition) is 2. The molecule has 0 bridgehead atoms. The van der Waals surface area contributed by atoms with Crippen molar-refractivity contribution >= 4 is 17.3 Å². The second-order valence-electron chi connectivity index (χ2n) is 8.18. The van der Waals surface area contributed by atoms with Crippen LogP contribution in [0.1, 0.15) is 50.5 Å². The van der Waals surface area contributed by atoms with E-state index in [0.717, 1.165) is 37.1 Å². The Hall–Kier alpha value is -2.29. The van der Waals surface area contributed by atoms with E-state index >= 15 is 0 Å². The topological polar surface area (TPSA) is 23.6 Å². The van der Waals surface area contributed by atoms with E-state index < -0.39 is 0 Å². The Morgan fingerprint density at radius 1 is 0.846 bits per heavy atom. The molecule has 2 fully saturated rings. The third kappa shape index (κ3) is 2.37. The van der Waals surface area contributed by atoms with Crippen LogP contribution in [0.25, 0.3) is 0 Å². The smallest absolute Gasteiger partial charge is 0.247 e. The predicted molar refractivity (Wildman–Crippen MR) is 104 cm³/mol. The summed E-state index contributed by atoms with van der Waals surface area (Å²) in [5, 5.41) is 4.31. The van der Waals surface area contributed by atoms with E-state index in [0.29, 0.717) is 5.91 Å². The number of para-hydroxylation sites is 2. The highest BCUT2D eigenvalue weighted by Crippen LogP contribution is 2.51. The fraction of sp³-hybridized carbons (Fsp3) is 0.435. The number of carbonyl (C=O) groups is 1.